The second kappa shape index (κ2) is 3.39. The Balaban J connectivity index is 2.96. The van der Waals surface area contributed by atoms with Crippen LogP contribution < -0.4 is 0 Å². The van der Waals surface area contributed by atoms with Gasteiger partial charge in [-0.15, -0.1) is 0 Å². The predicted octanol–water partition coefficient (Wildman–Crippen LogP) is 0.895. The maximum absolute atomic E-state index is 12.6. The quantitative estimate of drug-likeness (QED) is 0.695. The molecule has 0 saturated carbocycles. The number of nitrogens with zero attached hydrogens (tertiary/aromatic N) is 1. The van der Waals surface area contributed by atoms with Crippen LogP contribution in [-0.2, 0) is 6.42 Å². The van der Waals surface area contributed by atoms with Crippen molar-refractivity contribution < 1.29 is 13.9 Å². The van der Waals surface area contributed by atoms with Crippen LogP contribution in [0.15, 0.2) is 12.3 Å². The van der Waals surface area contributed by atoms with Crippen LogP contribution in [0.2, 0.25) is 0 Å². The minimum atomic E-state index is -0.971. The first-order chi connectivity index (χ1) is 5.25. The first-order valence-electron chi connectivity index (χ1n) is 3.15. The topological polar surface area (TPSA) is 33.1 Å². The number of hydrogen-bond donors (Lipinski definition) is 1. The summed E-state index contributed by atoms with van der Waals surface area (Å²) >= 11 is 0. The van der Waals surface area contributed by atoms with Crippen molar-refractivity contribution in [1.82, 2.24) is 4.98 Å². The van der Waals surface area contributed by atoms with Gasteiger partial charge in [0.2, 0.25) is 0 Å². The van der Waals surface area contributed by atoms with E-state index in [1.54, 1.807) is 0 Å². The SMILES string of the molecule is OCCc1nccc(F)c1F. The largest absolute Gasteiger partial charge is 0.396 e. The molecule has 1 aromatic heterocycles. The van der Waals surface area contributed by atoms with Crippen molar-refractivity contribution in [3.8, 4) is 0 Å². The molecule has 0 aliphatic rings. The lowest BCUT2D eigenvalue weighted by Crippen LogP contribution is -2.00. The fourth-order valence-corrected chi connectivity index (χ4v) is 0.741. The molecule has 0 atom stereocenters. The molecule has 1 rings (SSSR count). The van der Waals surface area contributed by atoms with E-state index in [9.17, 15) is 8.78 Å². The van der Waals surface area contributed by atoms with Gasteiger partial charge in [0.25, 0.3) is 0 Å². The van der Waals surface area contributed by atoms with Gasteiger partial charge >= 0.3 is 0 Å². The second-order valence-electron chi connectivity index (χ2n) is 2.03. The molecule has 0 aliphatic carbocycles. The van der Waals surface area contributed by atoms with E-state index in [1.807, 2.05) is 0 Å². The molecule has 0 aliphatic heterocycles. The minimum absolute atomic E-state index is 0.0347. The number of pyridine rings is 1. The van der Waals surface area contributed by atoms with E-state index in [1.165, 1.54) is 6.20 Å². The van der Waals surface area contributed by atoms with E-state index in [4.69, 9.17) is 5.11 Å². The number of aliphatic hydroxyl groups excluding tert-OH is 1. The zero-order valence-electron chi connectivity index (χ0n) is 5.72. The summed E-state index contributed by atoms with van der Waals surface area (Å²) in [7, 11) is 0. The number of rotatable bonds is 2. The highest BCUT2D eigenvalue weighted by Crippen LogP contribution is 2.07. The highest BCUT2D eigenvalue weighted by atomic mass is 19.2. The monoisotopic (exact) mass is 159 g/mol. The highest BCUT2D eigenvalue weighted by Gasteiger charge is 2.07. The van der Waals surface area contributed by atoms with Gasteiger partial charge < -0.3 is 5.11 Å². The van der Waals surface area contributed by atoms with Crippen molar-refractivity contribution in [1.29, 1.82) is 0 Å². The van der Waals surface area contributed by atoms with Gasteiger partial charge in [-0.2, -0.15) is 0 Å². The standard InChI is InChI=1S/C7H7F2NO/c8-5-1-3-10-6(2-4-11)7(5)9/h1,3,11H,2,4H2. The lowest BCUT2D eigenvalue weighted by atomic mass is 10.2. The van der Waals surface area contributed by atoms with E-state index < -0.39 is 11.6 Å². The second-order valence-corrected chi connectivity index (χ2v) is 2.03. The normalized spacial score (nSPS) is 10.1. The third kappa shape index (κ3) is 1.71. The number of aliphatic hydroxyl groups is 1. The van der Waals surface area contributed by atoms with Crippen LogP contribution in [0.5, 0.6) is 0 Å². The van der Waals surface area contributed by atoms with E-state index in [-0.39, 0.29) is 18.7 Å². The molecule has 0 fully saturated rings. The average Bonchev–Trinajstić information content (AvgIpc) is 1.99. The molecule has 0 bridgehead atoms. The third-order valence-electron chi connectivity index (χ3n) is 1.26. The van der Waals surface area contributed by atoms with Crippen molar-refractivity contribution in [2.45, 2.75) is 6.42 Å². The van der Waals surface area contributed by atoms with Gasteiger partial charge in [-0.3, -0.25) is 4.98 Å². The van der Waals surface area contributed by atoms with Gasteiger partial charge in [0.05, 0.1) is 5.69 Å². The van der Waals surface area contributed by atoms with Crippen LogP contribution in [0.25, 0.3) is 0 Å². The highest BCUT2D eigenvalue weighted by molar-refractivity contribution is 5.09. The Morgan fingerprint density at radius 1 is 1.45 bits per heavy atom. The summed E-state index contributed by atoms with van der Waals surface area (Å²) in [5.41, 5.74) is -0.0347. The summed E-state index contributed by atoms with van der Waals surface area (Å²) in [6.45, 7) is -0.229. The van der Waals surface area contributed by atoms with Gasteiger partial charge in [-0.05, 0) is 6.07 Å². The summed E-state index contributed by atoms with van der Waals surface area (Å²) < 4.78 is 25.0. The van der Waals surface area contributed by atoms with Gasteiger partial charge in [0.15, 0.2) is 11.6 Å². The Hall–Kier alpha value is -1.03. The van der Waals surface area contributed by atoms with Gasteiger partial charge in [-0.25, -0.2) is 8.78 Å². The molecule has 0 radical (unpaired) electrons. The molecule has 0 amide bonds. The van der Waals surface area contributed by atoms with Crippen molar-refractivity contribution in [2.75, 3.05) is 6.61 Å². The van der Waals surface area contributed by atoms with Crippen molar-refractivity contribution in [3.63, 3.8) is 0 Å². The maximum atomic E-state index is 12.6. The molecular formula is C7H7F2NO. The van der Waals surface area contributed by atoms with E-state index >= 15 is 0 Å². The summed E-state index contributed by atoms with van der Waals surface area (Å²) in [6.07, 6.45) is 1.22. The lowest BCUT2D eigenvalue weighted by Gasteiger charge is -1.98. The molecule has 1 aromatic rings. The zero-order chi connectivity index (χ0) is 8.27. The smallest absolute Gasteiger partial charge is 0.180 e. The molecule has 2 nitrogen and oxygen atoms in total. The van der Waals surface area contributed by atoms with Crippen LogP contribution in [0, 0.1) is 11.6 Å². The first-order valence-corrected chi connectivity index (χ1v) is 3.15. The third-order valence-corrected chi connectivity index (χ3v) is 1.26. The fraction of sp³-hybridized carbons (Fsp3) is 0.286. The Bertz CT molecular complexity index is 252. The molecule has 0 spiro atoms. The molecule has 1 N–H and O–H groups in total. The van der Waals surface area contributed by atoms with Crippen LogP contribution in [0.1, 0.15) is 5.69 Å². The van der Waals surface area contributed by atoms with Crippen molar-refractivity contribution in [3.05, 3.63) is 29.6 Å². The molecule has 0 saturated heterocycles. The molecule has 0 unspecified atom stereocenters. The average molecular weight is 159 g/mol. The predicted molar refractivity (Wildman–Crippen MR) is 34.9 cm³/mol. The number of aromatic nitrogens is 1. The molecule has 1 heterocycles. The van der Waals surface area contributed by atoms with Gasteiger partial charge in [-0.1, -0.05) is 0 Å². The fourth-order valence-electron chi connectivity index (χ4n) is 0.741. The Morgan fingerprint density at radius 2 is 2.18 bits per heavy atom. The summed E-state index contributed by atoms with van der Waals surface area (Å²) in [5.74, 6) is -1.90. The molecule has 11 heavy (non-hydrogen) atoms. The maximum Gasteiger partial charge on any atom is 0.180 e. The number of halogens is 2. The van der Waals surface area contributed by atoms with Crippen LogP contribution in [0.3, 0.4) is 0 Å². The van der Waals surface area contributed by atoms with Crippen LogP contribution >= 0.6 is 0 Å². The Labute approximate surface area is 62.5 Å². The first kappa shape index (κ1) is 8.07. The molecule has 60 valence electrons. The van der Waals surface area contributed by atoms with E-state index in [2.05, 4.69) is 4.98 Å². The van der Waals surface area contributed by atoms with E-state index in [0.717, 1.165) is 6.07 Å². The summed E-state index contributed by atoms with van der Waals surface area (Å²) in [6, 6.07) is 0.941. The molecule has 4 heteroatoms. The molecule has 0 aromatic carbocycles. The lowest BCUT2D eigenvalue weighted by molar-refractivity contribution is 0.295. The van der Waals surface area contributed by atoms with Gasteiger partial charge in [0.1, 0.15) is 0 Å². The molecular weight excluding hydrogens is 152 g/mol. The van der Waals surface area contributed by atoms with Crippen LogP contribution in [-0.4, -0.2) is 16.7 Å². The van der Waals surface area contributed by atoms with Crippen molar-refractivity contribution >= 4 is 0 Å². The van der Waals surface area contributed by atoms with Crippen LogP contribution in [0.4, 0.5) is 8.78 Å². The van der Waals surface area contributed by atoms with Crippen molar-refractivity contribution in [2.24, 2.45) is 0 Å². The Kier molecular flexibility index (Phi) is 2.48. The Morgan fingerprint density at radius 3 is 2.82 bits per heavy atom. The zero-order valence-corrected chi connectivity index (χ0v) is 5.72. The van der Waals surface area contributed by atoms with E-state index in [0.29, 0.717) is 0 Å². The summed E-state index contributed by atoms with van der Waals surface area (Å²) in [5, 5.41) is 8.41. The number of hydrogen-bond acceptors (Lipinski definition) is 2. The summed E-state index contributed by atoms with van der Waals surface area (Å²) in [4.78, 5) is 3.55. The van der Waals surface area contributed by atoms with Gasteiger partial charge in [0, 0.05) is 19.2 Å². The minimum Gasteiger partial charge on any atom is -0.396 e.